The van der Waals surface area contributed by atoms with Crippen molar-refractivity contribution in [3.05, 3.63) is 54.1 Å². The summed E-state index contributed by atoms with van der Waals surface area (Å²) in [6, 6.07) is 14.6. The van der Waals surface area contributed by atoms with Gasteiger partial charge in [-0.1, -0.05) is 24.1 Å². The normalized spacial score (nSPS) is 9.64. The van der Waals surface area contributed by atoms with Crippen molar-refractivity contribution in [2.24, 2.45) is 0 Å². The molecular weight excluding hydrogens is 278 g/mol. The van der Waals surface area contributed by atoms with E-state index in [-0.39, 0.29) is 12.6 Å². The summed E-state index contributed by atoms with van der Waals surface area (Å²) in [7, 11) is 0. The highest BCUT2D eigenvalue weighted by Gasteiger charge is 2.11. The van der Waals surface area contributed by atoms with Crippen molar-refractivity contribution in [2.45, 2.75) is 6.92 Å². The summed E-state index contributed by atoms with van der Waals surface area (Å²) in [4.78, 5) is 11.9. The molecule has 0 spiro atoms. The van der Waals surface area contributed by atoms with E-state index in [4.69, 9.17) is 15.9 Å². The molecule has 0 aliphatic rings. The Morgan fingerprint density at radius 2 is 2.00 bits per heavy atom. The largest absolute Gasteiger partial charge is 0.479 e. The number of carbonyl (C=O) groups is 1. The Labute approximate surface area is 130 Å². The molecule has 0 unspecified atom stereocenters. The molecule has 2 aromatic carbocycles. The fraction of sp³-hybridized carbons (Fsp3) is 0.167. The predicted octanol–water partition coefficient (Wildman–Crippen LogP) is 3.62. The Morgan fingerprint density at radius 3 is 2.68 bits per heavy atom. The number of anilines is 2. The van der Waals surface area contributed by atoms with Crippen LogP contribution in [-0.4, -0.2) is 19.2 Å². The number of benzene rings is 2. The highest BCUT2D eigenvalue weighted by atomic mass is 16.5. The predicted molar refractivity (Wildman–Crippen MR) is 86.5 cm³/mol. The van der Waals surface area contributed by atoms with Gasteiger partial charge in [0.05, 0.1) is 17.9 Å². The summed E-state index contributed by atoms with van der Waals surface area (Å²) in [5.74, 6) is 2.63. The van der Waals surface area contributed by atoms with Crippen molar-refractivity contribution in [1.29, 1.82) is 0 Å². The van der Waals surface area contributed by atoms with Gasteiger partial charge in [-0.25, -0.2) is 4.79 Å². The van der Waals surface area contributed by atoms with Gasteiger partial charge in [-0.15, -0.1) is 6.42 Å². The average molecular weight is 295 g/mol. The van der Waals surface area contributed by atoms with E-state index >= 15 is 0 Å². The Kier molecular flexibility index (Phi) is 5.44. The van der Waals surface area contributed by atoms with Crippen LogP contribution in [0.15, 0.2) is 48.5 Å². The van der Waals surface area contributed by atoms with Crippen LogP contribution in [0.2, 0.25) is 0 Å². The minimum absolute atomic E-state index is 0.155. The van der Waals surface area contributed by atoms with Gasteiger partial charge in [0.2, 0.25) is 0 Å². The topological polar surface area (TPSA) is 47.6 Å². The molecule has 4 heteroatoms. The highest BCUT2D eigenvalue weighted by Crippen LogP contribution is 2.29. The summed E-state index contributed by atoms with van der Waals surface area (Å²) < 4.78 is 10.5. The number of terminal acetylenes is 1. The summed E-state index contributed by atoms with van der Waals surface area (Å²) in [5.41, 5.74) is 1.99. The van der Waals surface area contributed by atoms with E-state index in [0.29, 0.717) is 23.6 Å². The van der Waals surface area contributed by atoms with Crippen molar-refractivity contribution in [3.63, 3.8) is 0 Å². The van der Waals surface area contributed by atoms with Crippen molar-refractivity contribution in [1.82, 2.24) is 0 Å². The molecule has 2 rings (SSSR count). The quantitative estimate of drug-likeness (QED) is 0.653. The first-order chi connectivity index (χ1) is 10.7. The van der Waals surface area contributed by atoms with Crippen LogP contribution in [0, 0.1) is 12.3 Å². The van der Waals surface area contributed by atoms with Crippen molar-refractivity contribution < 1.29 is 14.3 Å². The van der Waals surface area contributed by atoms with Gasteiger partial charge < -0.3 is 14.8 Å². The van der Waals surface area contributed by atoms with E-state index < -0.39 is 0 Å². The summed E-state index contributed by atoms with van der Waals surface area (Å²) in [6.07, 6.45) is 5.23. The maximum Gasteiger partial charge on any atom is 0.338 e. The van der Waals surface area contributed by atoms with Crippen LogP contribution in [0.5, 0.6) is 5.75 Å². The zero-order valence-corrected chi connectivity index (χ0v) is 12.3. The second-order valence-corrected chi connectivity index (χ2v) is 4.42. The molecule has 0 aliphatic heterocycles. The van der Waals surface area contributed by atoms with E-state index in [1.807, 2.05) is 30.3 Å². The number of ether oxygens (including phenoxy) is 2. The molecule has 1 N–H and O–H groups in total. The molecule has 0 fully saturated rings. The summed E-state index contributed by atoms with van der Waals surface area (Å²) in [6.45, 7) is 2.25. The number of rotatable bonds is 6. The molecule has 0 atom stereocenters. The van der Waals surface area contributed by atoms with Gasteiger partial charge in [0.1, 0.15) is 12.4 Å². The smallest absolute Gasteiger partial charge is 0.338 e. The summed E-state index contributed by atoms with van der Waals surface area (Å²) in [5, 5.41) is 3.22. The lowest BCUT2D eigenvalue weighted by Gasteiger charge is -2.13. The first-order valence-electron chi connectivity index (χ1n) is 6.94. The fourth-order valence-corrected chi connectivity index (χ4v) is 1.89. The molecule has 2 aromatic rings. The second kappa shape index (κ2) is 7.75. The van der Waals surface area contributed by atoms with Crippen LogP contribution in [0.1, 0.15) is 17.3 Å². The van der Waals surface area contributed by atoms with Gasteiger partial charge in [-0.2, -0.15) is 0 Å². The van der Waals surface area contributed by atoms with Crippen LogP contribution < -0.4 is 10.1 Å². The van der Waals surface area contributed by atoms with Gasteiger partial charge in [0.15, 0.2) is 0 Å². The third-order valence-corrected chi connectivity index (χ3v) is 2.85. The Bertz CT molecular complexity index is 674. The van der Waals surface area contributed by atoms with Crippen molar-refractivity contribution in [3.8, 4) is 18.1 Å². The molecule has 0 saturated heterocycles. The molecule has 0 bridgehead atoms. The van der Waals surface area contributed by atoms with Crippen LogP contribution in [0.3, 0.4) is 0 Å². The molecule has 0 aromatic heterocycles. The van der Waals surface area contributed by atoms with Crippen molar-refractivity contribution >= 4 is 17.3 Å². The molecule has 22 heavy (non-hydrogen) atoms. The van der Waals surface area contributed by atoms with E-state index in [1.54, 1.807) is 25.1 Å². The third-order valence-electron chi connectivity index (χ3n) is 2.85. The third kappa shape index (κ3) is 4.03. The Balaban J connectivity index is 2.31. The number of esters is 1. The Hall–Kier alpha value is -2.93. The van der Waals surface area contributed by atoms with Gasteiger partial charge in [-0.3, -0.25) is 0 Å². The summed E-state index contributed by atoms with van der Waals surface area (Å²) >= 11 is 0. The molecular formula is C18H17NO3. The molecule has 0 heterocycles. The maximum absolute atomic E-state index is 11.9. The van der Waals surface area contributed by atoms with Gasteiger partial charge >= 0.3 is 5.97 Å². The zero-order valence-electron chi connectivity index (χ0n) is 12.3. The minimum atomic E-state index is -0.373. The van der Waals surface area contributed by atoms with E-state index in [9.17, 15) is 4.79 Å². The standard InChI is InChI=1S/C18H17NO3/c1-3-12-22-17-11-10-14(18(20)21-4-2)13-16(17)19-15-8-6-5-7-9-15/h1,5-11,13,19H,4,12H2,2H3. The van der Waals surface area contributed by atoms with Crippen LogP contribution in [0.4, 0.5) is 11.4 Å². The number of carbonyl (C=O) groups excluding carboxylic acids is 1. The van der Waals surface area contributed by atoms with Gasteiger partial charge in [0, 0.05) is 5.69 Å². The van der Waals surface area contributed by atoms with E-state index in [0.717, 1.165) is 5.69 Å². The lowest BCUT2D eigenvalue weighted by atomic mass is 10.1. The van der Waals surface area contributed by atoms with Crippen LogP contribution in [0.25, 0.3) is 0 Å². The van der Waals surface area contributed by atoms with Crippen molar-refractivity contribution in [2.75, 3.05) is 18.5 Å². The molecule has 0 amide bonds. The monoisotopic (exact) mass is 295 g/mol. The van der Waals surface area contributed by atoms with Crippen LogP contribution >= 0.6 is 0 Å². The molecule has 0 aliphatic carbocycles. The number of hydrogen-bond donors (Lipinski definition) is 1. The molecule has 0 saturated carbocycles. The van der Waals surface area contributed by atoms with E-state index in [1.165, 1.54) is 0 Å². The SMILES string of the molecule is C#CCOc1ccc(C(=O)OCC)cc1Nc1ccccc1. The fourth-order valence-electron chi connectivity index (χ4n) is 1.89. The van der Waals surface area contributed by atoms with Gasteiger partial charge in [0.25, 0.3) is 0 Å². The second-order valence-electron chi connectivity index (χ2n) is 4.42. The number of hydrogen-bond acceptors (Lipinski definition) is 4. The maximum atomic E-state index is 11.9. The Morgan fingerprint density at radius 1 is 1.23 bits per heavy atom. The first kappa shape index (κ1) is 15.5. The molecule has 112 valence electrons. The van der Waals surface area contributed by atoms with Crippen LogP contribution in [-0.2, 0) is 4.74 Å². The lowest BCUT2D eigenvalue weighted by molar-refractivity contribution is 0.0526. The minimum Gasteiger partial charge on any atom is -0.479 e. The lowest BCUT2D eigenvalue weighted by Crippen LogP contribution is -2.06. The molecule has 4 nitrogen and oxygen atoms in total. The zero-order chi connectivity index (χ0) is 15.8. The number of para-hydroxylation sites is 1. The van der Waals surface area contributed by atoms with E-state index in [2.05, 4.69) is 11.2 Å². The number of nitrogens with one attached hydrogen (secondary N) is 1. The average Bonchev–Trinajstić information content (AvgIpc) is 2.55. The highest BCUT2D eigenvalue weighted by molar-refractivity contribution is 5.91. The first-order valence-corrected chi connectivity index (χ1v) is 6.94. The van der Waals surface area contributed by atoms with Gasteiger partial charge in [-0.05, 0) is 37.3 Å². The molecule has 0 radical (unpaired) electrons.